The zero-order valence-corrected chi connectivity index (χ0v) is 8.70. The predicted molar refractivity (Wildman–Crippen MR) is 61.4 cm³/mol. The highest BCUT2D eigenvalue weighted by Gasteiger charge is 2.10. The van der Waals surface area contributed by atoms with Crippen molar-refractivity contribution in [3.8, 4) is 0 Å². The van der Waals surface area contributed by atoms with Crippen LogP contribution < -0.4 is 5.73 Å². The molecule has 0 amide bonds. The second-order valence-electron chi connectivity index (χ2n) is 3.82. The third kappa shape index (κ3) is 1.73. The number of fused-ring (bicyclic) bond motifs is 1. The summed E-state index contributed by atoms with van der Waals surface area (Å²) in [6.07, 6.45) is 0. The van der Waals surface area contributed by atoms with Crippen LogP contribution in [0.25, 0.3) is 10.8 Å². The van der Waals surface area contributed by atoms with E-state index in [2.05, 4.69) is 0 Å². The molecule has 0 aliphatic rings. The molecule has 1 nitrogen and oxygen atoms in total. The molecule has 2 aromatic carbocycles. The van der Waals surface area contributed by atoms with E-state index in [9.17, 15) is 4.39 Å². The van der Waals surface area contributed by atoms with Gasteiger partial charge < -0.3 is 5.73 Å². The fourth-order valence-electron chi connectivity index (χ4n) is 1.86. The number of rotatable bonds is 2. The van der Waals surface area contributed by atoms with Gasteiger partial charge in [0.2, 0.25) is 0 Å². The minimum Gasteiger partial charge on any atom is -0.330 e. The molecule has 0 aliphatic heterocycles. The molecule has 0 spiro atoms. The van der Waals surface area contributed by atoms with Crippen molar-refractivity contribution in [2.45, 2.75) is 12.8 Å². The molecule has 0 aromatic heterocycles. The Morgan fingerprint density at radius 2 is 1.87 bits per heavy atom. The Hall–Kier alpha value is -1.41. The molecule has 2 N–H and O–H groups in total. The first-order valence-corrected chi connectivity index (χ1v) is 5.11. The van der Waals surface area contributed by atoms with Crippen LogP contribution in [0.5, 0.6) is 0 Å². The summed E-state index contributed by atoms with van der Waals surface area (Å²) in [6.45, 7) is 2.55. The fraction of sp³-hybridized carbons (Fsp3) is 0.231. The van der Waals surface area contributed by atoms with Crippen molar-refractivity contribution >= 4 is 10.8 Å². The van der Waals surface area contributed by atoms with Gasteiger partial charge in [-0.25, -0.2) is 4.39 Å². The molecule has 0 saturated carbocycles. The lowest BCUT2D eigenvalue weighted by atomic mass is 9.94. The first-order valence-electron chi connectivity index (χ1n) is 5.11. The van der Waals surface area contributed by atoms with Crippen molar-refractivity contribution in [2.75, 3.05) is 6.54 Å². The highest BCUT2D eigenvalue weighted by atomic mass is 19.1. The maximum atomic E-state index is 13.7. The van der Waals surface area contributed by atoms with Crippen molar-refractivity contribution in [3.63, 3.8) is 0 Å². The molecule has 2 aromatic rings. The van der Waals surface area contributed by atoms with Crippen LogP contribution in [0, 0.1) is 5.82 Å². The van der Waals surface area contributed by atoms with Gasteiger partial charge in [-0.15, -0.1) is 0 Å². The number of hydrogen-bond acceptors (Lipinski definition) is 1. The summed E-state index contributed by atoms with van der Waals surface area (Å²) < 4.78 is 13.7. The molecule has 2 heteroatoms. The van der Waals surface area contributed by atoms with Gasteiger partial charge in [0, 0.05) is 5.39 Å². The molecule has 0 fully saturated rings. The van der Waals surface area contributed by atoms with Gasteiger partial charge in [0.15, 0.2) is 0 Å². The minimum absolute atomic E-state index is 0.164. The van der Waals surface area contributed by atoms with Crippen LogP contribution in [0.1, 0.15) is 18.4 Å². The van der Waals surface area contributed by atoms with E-state index in [1.54, 1.807) is 6.07 Å². The summed E-state index contributed by atoms with van der Waals surface area (Å²) in [4.78, 5) is 0. The van der Waals surface area contributed by atoms with Gasteiger partial charge in [0.25, 0.3) is 0 Å². The SMILES string of the molecule is CC(CN)c1cccc2cccc(F)c12. The molecule has 0 saturated heterocycles. The van der Waals surface area contributed by atoms with E-state index >= 15 is 0 Å². The van der Waals surface area contributed by atoms with Crippen LogP contribution in [0.2, 0.25) is 0 Å². The monoisotopic (exact) mass is 203 g/mol. The zero-order valence-electron chi connectivity index (χ0n) is 8.70. The lowest BCUT2D eigenvalue weighted by molar-refractivity contribution is 0.636. The molecular formula is C13H14FN. The van der Waals surface area contributed by atoms with Gasteiger partial charge in [-0.05, 0) is 29.5 Å². The second kappa shape index (κ2) is 3.99. The van der Waals surface area contributed by atoms with Crippen molar-refractivity contribution < 1.29 is 4.39 Å². The van der Waals surface area contributed by atoms with E-state index in [1.807, 2.05) is 31.2 Å². The molecule has 1 atom stereocenters. The standard InChI is InChI=1S/C13H14FN/c1-9(8-15)11-6-2-4-10-5-3-7-12(14)13(10)11/h2-7,9H,8,15H2,1H3. The molecule has 0 heterocycles. The average Bonchev–Trinajstić information content (AvgIpc) is 2.28. The number of halogens is 1. The summed E-state index contributed by atoms with van der Waals surface area (Å²) in [7, 11) is 0. The Morgan fingerprint density at radius 1 is 1.20 bits per heavy atom. The fourth-order valence-corrected chi connectivity index (χ4v) is 1.86. The number of nitrogens with two attached hydrogens (primary N) is 1. The molecule has 1 unspecified atom stereocenters. The lowest BCUT2D eigenvalue weighted by Gasteiger charge is -2.12. The molecule has 0 radical (unpaired) electrons. The van der Waals surface area contributed by atoms with Gasteiger partial charge in [-0.1, -0.05) is 37.3 Å². The highest BCUT2D eigenvalue weighted by Crippen LogP contribution is 2.27. The maximum absolute atomic E-state index is 13.7. The maximum Gasteiger partial charge on any atom is 0.131 e. The Kier molecular flexibility index (Phi) is 2.69. The van der Waals surface area contributed by atoms with E-state index in [0.717, 1.165) is 10.9 Å². The molecule has 0 aliphatic carbocycles. The van der Waals surface area contributed by atoms with Crippen LogP contribution in [-0.2, 0) is 0 Å². The van der Waals surface area contributed by atoms with Crippen molar-refractivity contribution in [1.82, 2.24) is 0 Å². The van der Waals surface area contributed by atoms with Crippen LogP contribution in [0.3, 0.4) is 0 Å². The summed E-state index contributed by atoms with van der Waals surface area (Å²) in [5, 5.41) is 1.64. The quantitative estimate of drug-likeness (QED) is 0.797. The van der Waals surface area contributed by atoms with Crippen LogP contribution >= 0.6 is 0 Å². The number of hydrogen-bond donors (Lipinski definition) is 1. The van der Waals surface area contributed by atoms with Gasteiger partial charge in [-0.3, -0.25) is 0 Å². The van der Waals surface area contributed by atoms with E-state index in [1.165, 1.54) is 6.07 Å². The summed E-state index contributed by atoms with van der Waals surface area (Å²) in [5.74, 6) is 0.0222. The third-order valence-electron chi connectivity index (χ3n) is 2.77. The summed E-state index contributed by atoms with van der Waals surface area (Å²) >= 11 is 0. The second-order valence-corrected chi connectivity index (χ2v) is 3.82. The van der Waals surface area contributed by atoms with Gasteiger partial charge >= 0.3 is 0 Å². The topological polar surface area (TPSA) is 26.0 Å². The Balaban J connectivity index is 2.74. The molecule has 0 bridgehead atoms. The third-order valence-corrected chi connectivity index (χ3v) is 2.77. The van der Waals surface area contributed by atoms with Crippen LogP contribution in [0.4, 0.5) is 4.39 Å². The van der Waals surface area contributed by atoms with Gasteiger partial charge in [0.1, 0.15) is 5.82 Å². The van der Waals surface area contributed by atoms with Crippen molar-refractivity contribution in [2.24, 2.45) is 5.73 Å². The minimum atomic E-state index is -0.164. The molecule has 2 rings (SSSR count). The molecule has 78 valence electrons. The first kappa shape index (κ1) is 10.1. The van der Waals surface area contributed by atoms with E-state index in [0.29, 0.717) is 11.9 Å². The predicted octanol–water partition coefficient (Wildman–Crippen LogP) is 3.04. The van der Waals surface area contributed by atoms with E-state index in [4.69, 9.17) is 5.73 Å². The lowest BCUT2D eigenvalue weighted by Crippen LogP contribution is -2.09. The Morgan fingerprint density at radius 3 is 2.53 bits per heavy atom. The first-order chi connectivity index (χ1) is 7.24. The number of benzene rings is 2. The van der Waals surface area contributed by atoms with E-state index in [-0.39, 0.29) is 11.7 Å². The smallest absolute Gasteiger partial charge is 0.131 e. The summed E-state index contributed by atoms with van der Waals surface area (Å²) in [5.41, 5.74) is 6.62. The highest BCUT2D eigenvalue weighted by molar-refractivity contribution is 5.86. The Labute approximate surface area is 88.7 Å². The molecule has 15 heavy (non-hydrogen) atoms. The van der Waals surface area contributed by atoms with E-state index < -0.39 is 0 Å². The zero-order chi connectivity index (χ0) is 10.8. The largest absolute Gasteiger partial charge is 0.330 e. The van der Waals surface area contributed by atoms with Crippen LogP contribution in [-0.4, -0.2) is 6.54 Å². The molecular weight excluding hydrogens is 189 g/mol. The normalized spacial score (nSPS) is 13.0. The summed E-state index contributed by atoms with van der Waals surface area (Å²) in [6, 6.07) is 11.0. The Bertz CT molecular complexity index is 474. The van der Waals surface area contributed by atoms with Crippen LogP contribution in [0.15, 0.2) is 36.4 Å². The van der Waals surface area contributed by atoms with Crippen molar-refractivity contribution in [1.29, 1.82) is 0 Å². The van der Waals surface area contributed by atoms with Gasteiger partial charge in [0.05, 0.1) is 0 Å². The van der Waals surface area contributed by atoms with Crippen molar-refractivity contribution in [3.05, 3.63) is 47.8 Å². The van der Waals surface area contributed by atoms with Gasteiger partial charge in [-0.2, -0.15) is 0 Å². The average molecular weight is 203 g/mol.